The van der Waals surface area contributed by atoms with E-state index in [9.17, 15) is 0 Å². The summed E-state index contributed by atoms with van der Waals surface area (Å²) in [7, 11) is 0. The van der Waals surface area contributed by atoms with E-state index in [1.807, 2.05) is 0 Å². The summed E-state index contributed by atoms with van der Waals surface area (Å²) in [4.78, 5) is 8.36. The number of hydrogen-bond acceptors (Lipinski definition) is 4. The first-order valence-electron chi connectivity index (χ1n) is 6.54. The summed E-state index contributed by atoms with van der Waals surface area (Å²) in [5.74, 6) is 1.51. The van der Waals surface area contributed by atoms with Crippen molar-refractivity contribution < 1.29 is 0 Å². The maximum absolute atomic E-state index is 5.89. The number of unbranched alkanes of at least 4 members (excludes halogenated alkanes) is 1. The lowest BCUT2D eigenvalue weighted by Crippen LogP contribution is -2.18. The van der Waals surface area contributed by atoms with Crippen LogP contribution in [0, 0.1) is 0 Å². The minimum absolute atomic E-state index is 0.430. The van der Waals surface area contributed by atoms with E-state index in [4.69, 9.17) is 5.73 Å². The molecule has 0 amide bonds. The SMILES string of the molecule is CCCCC(C)Nc1ncnc(N)c1CCC. The van der Waals surface area contributed by atoms with Gasteiger partial charge in [-0.2, -0.15) is 0 Å². The second-order valence-corrected chi connectivity index (χ2v) is 4.52. The average Bonchev–Trinajstić information content (AvgIpc) is 2.31. The zero-order valence-corrected chi connectivity index (χ0v) is 11.2. The van der Waals surface area contributed by atoms with Gasteiger partial charge in [-0.25, -0.2) is 9.97 Å². The Kier molecular flexibility index (Phi) is 5.73. The predicted molar refractivity (Wildman–Crippen MR) is 73.0 cm³/mol. The van der Waals surface area contributed by atoms with Crippen molar-refractivity contribution in [2.24, 2.45) is 0 Å². The third-order valence-electron chi connectivity index (χ3n) is 2.85. The summed E-state index contributed by atoms with van der Waals surface area (Å²) >= 11 is 0. The van der Waals surface area contributed by atoms with Crippen LogP contribution >= 0.6 is 0 Å². The lowest BCUT2D eigenvalue weighted by atomic mass is 10.1. The van der Waals surface area contributed by atoms with E-state index in [2.05, 4.69) is 36.1 Å². The fourth-order valence-corrected chi connectivity index (χ4v) is 1.86. The van der Waals surface area contributed by atoms with E-state index < -0.39 is 0 Å². The second kappa shape index (κ2) is 7.09. The van der Waals surface area contributed by atoms with Crippen LogP contribution in [0.25, 0.3) is 0 Å². The molecule has 1 aromatic rings. The van der Waals surface area contributed by atoms with Crippen LogP contribution in [0.3, 0.4) is 0 Å². The van der Waals surface area contributed by atoms with Crippen LogP contribution < -0.4 is 11.1 Å². The molecule has 0 aromatic carbocycles. The molecule has 4 nitrogen and oxygen atoms in total. The number of hydrogen-bond donors (Lipinski definition) is 2. The van der Waals surface area contributed by atoms with Crippen molar-refractivity contribution in [1.29, 1.82) is 0 Å². The molecule has 96 valence electrons. The number of anilines is 2. The molecule has 4 heteroatoms. The third-order valence-corrected chi connectivity index (χ3v) is 2.85. The minimum Gasteiger partial charge on any atom is -0.383 e. The topological polar surface area (TPSA) is 63.8 Å². The summed E-state index contributed by atoms with van der Waals surface area (Å²) < 4.78 is 0. The highest BCUT2D eigenvalue weighted by Crippen LogP contribution is 2.20. The summed E-state index contributed by atoms with van der Waals surface area (Å²) in [5.41, 5.74) is 6.95. The molecule has 0 fully saturated rings. The first-order valence-corrected chi connectivity index (χ1v) is 6.54. The maximum Gasteiger partial charge on any atom is 0.134 e. The van der Waals surface area contributed by atoms with Gasteiger partial charge in [0.1, 0.15) is 18.0 Å². The van der Waals surface area contributed by atoms with Gasteiger partial charge in [0.2, 0.25) is 0 Å². The number of aromatic nitrogens is 2. The Morgan fingerprint density at radius 2 is 2.06 bits per heavy atom. The van der Waals surface area contributed by atoms with E-state index in [0.29, 0.717) is 11.9 Å². The number of nitrogens with one attached hydrogen (secondary N) is 1. The predicted octanol–water partition coefficient (Wildman–Crippen LogP) is 3.00. The van der Waals surface area contributed by atoms with Crippen molar-refractivity contribution in [3.63, 3.8) is 0 Å². The van der Waals surface area contributed by atoms with Gasteiger partial charge in [-0.15, -0.1) is 0 Å². The van der Waals surface area contributed by atoms with Gasteiger partial charge in [0.25, 0.3) is 0 Å². The maximum atomic E-state index is 5.89. The first kappa shape index (κ1) is 13.7. The van der Waals surface area contributed by atoms with Gasteiger partial charge in [0, 0.05) is 11.6 Å². The minimum atomic E-state index is 0.430. The number of nitrogens with two attached hydrogens (primary N) is 1. The molecule has 0 aliphatic heterocycles. The molecule has 17 heavy (non-hydrogen) atoms. The molecule has 1 atom stereocenters. The Balaban J connectivity index is 2.72. The molecule has 1 rings (SSSR count). The fraction of sp³-hybridized carbons (Fsp3) is 0.692. The highest BCUT2D eigenvalue weighted by molar-refractivity contribution is 5.55. The highest BCUT2D eigenvalue weighted by atomic mass is 15.1. The average molecular weight is 236 g/mol. The largest absolute Gasteiger partial charge is 0.383 e. The first-order chi connectivity index (χ1) is 8.19. The monoisotopic (exact) mass is 236 g/mol. The molecule has 0 spiro atoms. The van der Waals surface area contributed by atoms with E-state index in [-0.39, 0.29) is 0 Å². The Morgan fingerprint density at radius 3 is 2.71 bits per heavy atom. The third kappa shape index (κ3) is 4.21. The van der Waals surface area contributed by atoms with E-state index in [0.717, 1.165) is 30.6 Å². The normalized spacial score (nSPS) is 12.4. The fourth-order valence-electron chi connectivity index (χ4n) is 1.86. The van der Waals surface area contributed by atoms with Crippen molar-refractivity contribution >= 4 is 11.6 Å². The van der Waals surface area contributed by atoms with Crippen molar-refractivity contribution in [1.82, 2.24) is 9.97 Å². The standard InChI is InChI=1S/C13H24N4/c1-4-6-8-10(3)17-13-11(7-5-2)12(14)15-9-16-13/h9-10H,4-8H2,1-3H3,(H3,14,15,16,17). The molecule has 0 radical (unpaired) electrons. The van der Waals surface area contributed by atoms with Gasteiger partial charge in [0.15, 0.2) is 0 Å². The summed E-state index contributed by atoms with van der Waals surface area (Å²) in [5, 5.41) is 3.44. The van der Waals surface area contributed by atoms with E-state index in [1.165, 1.54) is 19.2 Å². The van der Waals surface area contributed by atoms with E-state index in [1.54, 1.807) is 0 Å². The van der Waals surface area contributed by atoms with Gasteiger partial charge < -0.3 is 11.1 Å². The molecule has 0 bridgehead atoms. The molecule has 1 heterocycles. The quantitative estimate of drug-likeness (QED) is 0.764. The van der Waals surface area contributed by atoms with Crippen molar-refractivity contribution in [2.75, 3.05) is 11.1 Å². The van der Waals surface area contributed by atoms with Crippen molar-refractivity contribution in [2.45, 2.75) is 58.9 Å². The van der Waals surface area contributed by atoms with Crippen LogP contribution in [0.4, 0.5) is 11.6 Å². The Hall–Kier alpha value is -1.32. The number of rotatable bonds is 7. The molecule has 0 aliphatic rings. The lowest BCUT2D eigenvalue weighted by Gasteiger charge is -2.17. The summed E-state index contributed by atoms with van der Waals surface area (Å²) in [6.45, 7) is 6.53. The molecule has 0 saturated heterocycles. The van der Waals surface area contributed by atoms with Gasteiger partial charge in [-0.1, -0.05) is 33.1 Å². The van der Waals surface area contributed by atoms with Gasteiger partial charge >= 0.3 is 0 Å². The molecule has 1 unspecified atom stereocenters. The van der Waals surface area contributed by atoms with Gasteiger partial charge in [0.05, 0.1) is 0 Å². The highest BCUT2D eigenvalue weighted by Gasteiger charge is 2.10. The van der Waals surface area contributed by atoms with Crippen molar-refractivity contribution in [3.05, 3.63) is 11.9 Å². The smallest absolute Gasteiger partial charge is 0.134 e. The number of nitrogens with zero attached hydrogens (tertiary/aromatic N) is 2. The van der Waals surface area contributed by atoms with Crippen LogP contribution in [-0.2, 0) is 6.42 Å². The van der Waals surface area contributed by atoms with Crippen molar-refractivity contribution in [3.8, 4) is 0 Å². The molecular weight excluding hydrogens is 212 g/mol. The molecule has 0 aliphatic carbocycles. The molecule has 1 aromatic heterocycles. The molecule has 3 N–H and O–H groups in total. The van der Waals surface area contributed by atoms with Crippen LogP contribution in [0.2, 0.25) is 0 Å². The lowest BCUT2D eigenvalue weighted by molar-refractivity contribution is 0.642. The Bertz CT molecular complexity index is 338. The summed E-state index contributed by atoms with van der Waals surface area (Å²) in [6.07, 6.45) is 7.12. The van der Waals surface area contributed by atoms with Crippen LogP contribution in [0.5, 0.6) is 0 Å². The zero-order chi connectivity index (χ0) is 12.7. The molecule has 0 saturated carbocycles. The van der Waals surface area contributed by atoms with Crippen LogP contribution in [-0.4, -0.2) is 16.0 Å². The second-order valence-electron chi connectivity index (χ2n) is 4.52. The van der Waals surface area contributed by atoms with Crippen LogP contribution in [0.15, 0.2) is 6.33 Å². The Morgan fingerprint density at radius 1 is 1.29 bits per heavy atom. The van der Waals surface area contributed by atoms with Crippen LogP contribution in [0.1, 0.15) is 52.0 Å². The Labute approximate surface area is 104 Å². The van der Waals surface area contributed by atoms with Gasteiger partial charge in [-0.05, 0) is 19.8 Å². The van der Waals surface area contributed by atoms with Gasteiger partial charge in [-0.3, -0.25) is 0 Å². The molecular formula is C13H24N4. The number of nitrogen functional groups attached to an aromatic ring is 1. The zero-order valence-electron chi connectivity index (χ0n) is 11.2. The summed E-state index contributed by atoms with van der Waals surface area (Å²) in [6, 6.07) is 0.430. The van der Waals surface area contributed by atoms with E-state index >= 15 is 0 Å².